The molecule has 18 heavy (non-hydrogen) atoms. The van der Waals surface area contributed by atoms with Gasteiger partial charge in [0.25, 0.3) is 0 Å². The Kier molecular flexibility index (Phi) is 4.69. The predicted octanol–water partition coefficient (Wildman–Crippen LogP) is 2.05. The number of nitrogen functional groups attached to an aromatic ring is 1. The van der Waals surface area contributed by atoms with Gasteiger partial charge in [-0.1, -0.05) is 11.6 Å². The van der Waals surface area contributed by atoms with Gasteiger partial charge in [-0.05, 0) is 25.1 Å². The quantitative estimate of drug-likeness (QED) is 0.822. The number of rotatable bonds is 4. The van der Waals surface area contributed by atoms with E-state index in [4.69, 9.17) is 22.1 Å². The number of ether oxygens (including phenoxy) is 1. The molecule has 3 N–H and O–H groups in total. The Balaban J connectivity index is 1.87. The third kappa shape index (κ3) is 3.77. The van der Waals surface area contributed by atoms with Crippen molar-refractivity contribution < 1.29 is 4.74 Å². The monoisotopic (exact) mass is 269 g/mol. The summed E-state index contributed by atoms with van der Waals surface area (Å²) in [4.78, 5) is 2.40. The summed E-state index contributed by atoms with van der Waals surface area (Å²) < 4.78 is 5.34. The number of nitrogens with two attached hydrogens (primary N) is 1. The molecule has 1 unspecified atom stereocenters. The molecule has 1 aromatic rings. The number of hydrogen-bond donors (Lipinski definition) is 2. The zero-order valence-corrected chi connectivity index (χ0v) is 11.4. The Morgan fingerprint density at radius 3 is 2.83 bits per heavy atom. The molecule has 1 heterocycles. The molecule has 0 bridgehead atoms. The maximum Gasteiger partial charge on any atom is 0.0594 e. The van der Waals surface area contributed by atoms with Crippen molar-refractivity contribution in [3.8, 4) is 0 Å². The minimum atomic E-state index is 0.339. The van der Waals surface area contributed by atoms with Crippen LogP contribution in [0.2, 0.25) is 5.02 Å². The second-order valence-corrected chi connectivity index (χ2v) is 5.13. The standard InChI is InChI=1S/C13H20ClN3O/c1-10(9-17-4-6-18-7-5-17)16-13-3-2-11(14)8-12(13)15/h2-3,8,10,16H,4-7,9,15H2,1H3. The summed E-state index contributed by atoms with van der Waals surface area (Å²) in [7, 11) is 0. The number of morpholine rings is 1. The molecule has 0 aliphatic carbocycles. The molecule has 1 atom stereocenters. The minimum Gasteiger partial charge on any atom is -0.397 e. The molecule has 2 rings (SSSR count). The van der Waals surface area contributed by atoms with E-state index in [0.717, 1.165) is 38.5 Å². The van der Waals surface area contributed by atoms with E-state index in [1.807, 2.05) is 12.1 Å². The van der Waals surface area contributed by atoms with Crippen LogP contribution in [-0.4, -0.2) is 43.8 Å². The van der Waals surface area contributed by atoms with Crippen LogP contribution in [-0.2, 0) is 4.74 Å². The van der Waals surface area contributed by atoms with Gasteiger partial charge in [-0.25, -0.2) is 0 Å². The highest BCUT2D eigenvalue weighted by atomic mass is 35.5. The van der Waals surface area contributed by atoms with E-state index >= 15 is 0 Å². The van der Waals surface area contributed by atoms with E-state index in [1.165, 1.54) is 0 Å². The van der Waals surface area contributed by atoms with Gasteiger partial charge < -0.3 is 15.8 Å². The molecule has 5 heteroatoms. The summed E-state index contributed by atoms with van der Waals surface area (Å²) in [5.74, 6) is 0. The molecule has 1 saturated heterocycles. The zero-order chi connectivity index (χ0) is 13.0. The summed E-state index contributed by atoms with van der Waals surface area (Å²) >= 11 is 5.88. The lowest BCUT2D eigenvalue weighted by molar-refractivity contribution is 0.0368. The van der Waals surface area contributed by atoms with Crippen molar-refractivity contribution in [2.75, 3.05) is 43.9 Å². The van der Waals surface area contributed by atoms with Crippen molar-refractivity contribution in [3.63, 3.8) is 0 Å². The molecule has 1 aliphatic heterocycles. The number of benzene rings is 1. The Bertz CT molecular complexity index is 394. The molecular formula is C13H20ClN3O. The summed E-state index contributed by atoms with van der Waals surface area (Å²) in [6, 6.07) is 5.88. The number of nitrogens with one attached hydrogen (secondary N) is 1. The normalized spacial score (nSPS) is 18.6. The molecule has 1 fully saturated rings. The van der Waals surface area contributed by atoms with Gasteiger partial charge in [0.05, 0.1) is 24.6 Å². The van der Waals surface area contributed by atoms with Gasteiger partial charge >= 0.3 is 0 Å². The topological polar surface area (TPSA) is 50.5 Å². The van der Waals surface area contributed by atoms with Crippen LogP contribution in [0.4, 0.5) is 11.4 Å². The average molecular weight is 270 g/mol. The molecule has 1 aliphatic rings. The summed E-state index contributed by atoms with van der Waals surface area (Å²) in [5, 5.41) is 4.08. The first-order valence-electron chi connectivity index (χ1n) is 6.27. The average Bonchev–Trinajstić information content (AvgIpc) is 2.34. The van der Waals surface area contributed by atoms with Gasteiger partial charge in [-0.2, -0.15) is 0 Å². The number of hydrogen-bond acceptors (Lipinski definition) is 4. The van der Waals surface area contributed by atoms with Gasteiger partial charge in [0.2, 0.25) is 0 Å². The van der Waals surface area contributed by atoms with E-state index in [1.54, 1.807) is 6.07 Å². The van der Waals surface area contributed by atoms with Gasteiger partial charge in [0.15, 0.2) is 0 Å². The van der Waals surface area contributed by atoms with E-state index in [0.29, 0.717) is 16.8 Å². The maximum absolute atomic E-state index is 5.92. The Morgan fingerprint density at radius 2 is 2.17 bits per heavy atom. The molecule has 0 spiro atoms. The van der Waals surface area contributed by atoms with Crippen LogP contribution < -0.4 is 11.1 Å². The van der Waals surface area contributed by atoms with Crippen molar-refractivity contribution in [2.24, 2.45) is 0 Å². The van der Waals surface area contributed by atoms with Gasteiger partial charge in [0, 0.05) is 30.7 Å². The maximum atomic E-state index is 5.92. The lowest BCUT2D eigenvalue weighted by Gasteiger charge is -2.30. The second kappa shape index (κ2) is 6.27. The van der Waals surface area contributed by atoms with Crippen molar-refractivity contribution in [1.82, 2.24) is 4.90 Å². The van der Waals surface area contributed by atoms with E-state index in [9.17, 15) is 0 Å². The Labute approximate surface area is 113 Å². The molecule has 4 nitrogen and oxygen atoms in total. The number of nitrogens with zero attached hydrogens (tertiary/aromatic N) is 1. The molecule has 0 saturated carbocycles. The third-order valence-electron chi connectivity index (χ3n) is 3.05. The molecule has 1 aromatic carbocycles. The minimum absolute atomic E-state index is 0.339. The number of halogens is 1. The van der Waals surface area contributed by atoms with Gasteiger partial charge in [0.1, 0.15) is 0 Å². The van der Waals surface area contributed by atoms with Crippen molar-refractivity contribution >= 4 is 23.0 Å². The van der Waals surface area contributed by atoms with Gasteiger partial charge in [-0.3, -0.25) is 4.90 Å². The highest BCUT2D eigenvalue weighted by Gasteiger charge is 2.14. The molecule has 0 aromatic heterocycles. The Hall–Kier alpha value is -0.970. The van der Waals surface area contributed by atoms with Crippen LogP contribution in [0.25, 0.3) is 0 Å². The predicted molar refractivity (Wildman–Crippen MR) is 76.2 cm³/mol. The Morgan fingerprint density at radius 1 is 1.44 bits per heavy atom. The SMILES string of the molecule is CC(CN1CCOCC1)Nc1ccc(Cl)cc1N. The lowest BCUT2D eigenvalue weighted by atomic mass is 10.2. The third-order valence-corrected chi connectivity index (χ3v) is 3.29. The summed E-state index contributed by atoms with van der Waals surface area (Å²) in [6.45, 7) is 6.81. The van der Waals surface area contributed by atoms with Crippen LogP contribution in [0.1, 0.15) is 6.92 Å². The second-order valence-electron chi connectivity index (χ2n) is 4.69. The molecular weight excluding hydrogens is 250 g/mol. The van der Waals surface area contributed by atoms with Crippen molar-refractivity contribution in [1.29, 1.82) is 0 Å². The summed E-state index contributed by atoms with van der Waals surface area (Å²) in [5.41, 5.74) is 7.56. The van der Waals surface area contributed by atoms with Crippen LogP contribution in [0.3, 0.4) is 0 Å². The van der Waals surface area contributed by atoms with Crippen LogP contribution in [0.5, 0.6) is 0 Å². The van der Waals surface area contributed by atoms with E-state index < -0.39 is 0 Å². The molecule has 0 radical (unpaired) electrons. The van der Waals surface area contributed by atoms with Crippen LogP contribution in [0, 0.1) is 0 Å². The highest BCUT2D eigenvalue weighted by Crippen LogP contribution is 2.23. The first-order valence-corrected chi connectivity index (χ1v) is 6.64. The fourth-order valence-electron chi connectivity index (χ4n) is 2.15. The first kappa shape index (κ1) is 13.5. The largest absolute Gasteiger partial charge is 0.397 e. The lowest BCUT2D eigenvalue weighted by Crippen LogP contribution is -2.42. The fraction of sp³-hybridized carbons (Fsp3) is 0.538. The summed E-state index contributed by atoms with van der Waals surface area (Å²) in [6.07, 6.45) is 0. The van der Waals surface area contributed by atoms with Crippen molar-refractivity contribution in [2.45, 2.75) is 13.0 Å². The number of anilines is 2. The smallest absolute Gasteiger partial charge is 0.0594 e. The first-order chi connectivity index (χ1) is 8.65. The van der Waals surface area contributed by atoms with Crippen molar-refractivity contribution in [3.05, 3.63) is 23.2 Å². The fourth-order valence-corrected chi connectivity index (χ4v) is 2.33. The highest BCUT2D eigenvalue weighted by molar-refractivity contribution is 6.31. The van der Waals surface area contributed by atoms with Gasteiger partial charge in [-0.15, -0.1) is 0 Å². The zero-order valence-electron chi connectivity index (χ0n) is 10.7. The van der Waals surface area contributed by atoms with E-state index in [2.05, 4.69) is 17.1 Å². The van der Waals surface area contributed by atoms with Crippen LogP contribution in [0.15, 0.2) is 18.2 Å². The van der Waals surface area contributed by atoms with Crippen LogP contribution >= 0.6 is 11.6 Å². The molecule has 0 amide bonds. The van der Waals surface area contributed by atoms with E-state index in [-0.39, 0.29) is 0 Å². The molecule has 100 valence electrons.